The highest BCUT2D eigenvalue weighted by Gasteiger charge is 2.39. The van der Waals surface area contributed by atoms with Crippen LogP contribution in [0.4, 0.5) is 5.69 Å². The maximum atomic E-state index is 12.6. The summed E-state index contributed by atoms with van der Waals surface area (Å²) in [5, 5.41) is 4.84. The molecule has 0 saturated carbocycles. The van der Waals surface area contributed by atoms with Crippen LogP contribution >= 0.6 is 23.2 Å². The van der Waals surface area contributed by atoms with Gasteiger partial charge in [0, 0.05) is 28.2 Å². The van der Waals surface area contributed by atoms with Crippen LogP contribution in [0.3, 0.4) is 0 Å². The number of sulfonamides is 1. The van der Waals surface area contributed by atoms with Gasteiger partial charge in [-0.05, 0) is 60.2 Å². The minimum Gasteiger partial charge on any atom is -0.378 e. The Morgan fingerprint density at radius 2 is 1.96 bits per heavy atom. The van der Waals surface area contributed by atoms with E-state index in [1.165, 1.54) is 0 Å². The smallest absolute Gasteiger partial charge is 0.240 e. The van der Waals surface area contributed by atoms with Gasteiger partial charge in [0.1, 0.15) is 0 Å². The van der Waals surface area contributed by atoms with Crippen LogP contribution in [0.1, 0.15) is 42.9 Å². The lowest BCUT2D eigenvalue weighted by Gasteiger charge is -2.38. The van der Waals surface area contributed by atoms with Gasteiger partial charge in [0.2, 0.25) is 10.0 Å². The molecule has 1 aliphatic carbocycles. The highest BCUT2D eigenvalue weighted by Crippen LogP contribution is 2.51. The molecule has 2 aliphatic rings. The quantitative estimate of drug-likeness (QED) is 0.607. The van der Waals surface area contributed by atoms with E-state index in [4.69, 9.17) is 23.2 Å². The SMILES string of the molecule is CCCNS(=O)(=O)c1ccc2c(c1)C1C=CCC1C(c1ccc(Cl)cc1Cl)N2. The maximum absolute atomic E-state index is 12.6. The molecular weight excluding hydrogens is 415 g/mol. The summed E-state index contributed by atoms with van der Waals surface area (Å²) in [5.74, 6) is 0.419. The third-order valence-corrected chi connectivity index (χ3v) is 7.51. The fraction of sp³-hybridized carbons (Fsp3) is 0.333. The zero-order chi connectivity index (χ0) is 19.9. The number of benzene rings is 2. The van der Waals surface area contributed by atoms with Gasteiger partial charge in [-0.2, -0.15) is 0 Å². The summed E-state index contributed by atoms with van der Waals surface area (Å²) in [5.41, 5.74) is 2.97. The van der Waals surface area contributed by atoms with Gasteiger partial charge in [-0.1, -0.05) is 48.3 Å². The molecule has 0 aromatic heterocycles. The number of fused-ring (bicyclic) bond motifs is 3. The maximum Gasteiger partial charge on any atom is 0.240 e. The molecule has 28 heavy (non-hydrogen) atoms. The van der Waals surface area contributed by atoms with Crippen LogP contribution in [0.5, 0.6) is 0 Å². The monoisotopic (exact) mass is 436 g/mol. The Kier molecular flexibility index (Phi) is 5.45. The fourth-order valence-corrected chi connectivity index (χ4v) is 5.82. The van der Waals surface area contributed by atoms with Crippen LogP contribution in [0, 0.1) is 5.92 Å². The molecule has 1 aliphatic heterocycles. The largest absolute Gasteiger partial charge is 0.378 e. The average molecular weight is 437 g/mol. The van der Waals surface area contributed by atoms with Crippen molar-refractivity contribution in [3.05, 3.63) is 69.7 Å². The summed E-state index contributed by atoms with van der Waals surface area (Å²) >= 11 is 12.5. The van der Waals surface area contributed by atoms with Crippen molar-refractivity contribution in [1.82, 2.24) is 4.72 Å². The molecule has 1 heterocycles. The van der Waals surface area contributed by atoms with Gasteiger partial charge in [0.15, 0.2) is 0 Å². The Hall–Kier alpha value is -1.53. The van der Waals surface area contributed by atoms with Crippen LogP contribution in [0.2, 0.25) is 10.0 Å². The molecule has 2 N–H and O–H groups in total. The molecule has 0 saturated heterocycles. The molecule has 4 nitrogen and oxygen atoms in total. The second kappa shape index (κ2) is 7.71. The lowest BCUT2D eigenvalue weighted by Crippen LogP contribution is -2.30. The van der Waals surface area contributed by atoms with Crippen LogP contribution in [0.25, 0.3) is 0 Å². The summed E-state index contributed by atoms with van der Waals surface area (Å²) in [6, 6.07) is 10.9. The Labute approximate surface area is 176 Å². The second-order valence-electron chi connectivity index (χ2n) is 7.29. The van der Waals surface area contributed by atoms with Crippen molar-refractivity contribution in [2.45, 2.75) is 36.6 Å². The highest BCUT2D eigenvalue weighted by atomic mass is 35.5. The summed E-state index contributed by atoms with van der Waals surface area (Å²) in [7, 11) is -3.50. The van der Waals surface area contributed by atoms with Gasteiger partial charge in [0.05, 0.1) is 10.9 Å². The van der Waals surface area contributed by atoms with E-state index in [-0.39, 0.29) is 17.9 Å². The predicted molar refractivity (Wildman–Crippen MR) is 115 cm³/mol. The first kappa shape index (κ1) is 19.8. The van der Waals surface area contributed by atoms with Crippen molar-refractivity contribution in [2.24, 2.45) is 5.92 Å². The molecule has 2 aromatic rings. The van der Waals surface area contributed by atoms with Crippen molar-refractivity contribution in [3.63, 3.8) is 0 Å². The molecule has 3 atom stereocenters. The lowest BCUT2D eigenvalue weighted by molar-refractivity contribution is 0.425. The van der Waals surface area contributed by atoms with Crippen molar-refractivity contribution in [1.29, 1.82) is 0 Å². The van der Waals surface area contributed by atoms with Crippen molar-refractivity contribution in [2.75, 3.05) is 11.9 Å². The standard InChI is InChI=1S/C21H22Cl2N2O2S/c1-2-10-24-28(26,27)14-7-9-20-18(12-14)15-4-3-5-16(15)21(25-20)17-8-6-13(22)11-19(17)23/h3-4,6-9,11-12,15-16,21,24-25H,2,5,10H2,1H3. The third-order valence-electron chi connectivity index (χ3n) is 5.48. The number of rotatable bonds is 5. The van der Waals surface area contributed by atoms with Crippen LogP contribution in [-0.4, -0.2) is 15.0 Å². The third kappa shape index (κ3) is 3.57. The van der Waals surface area contributed by atoms with Gasteiger partial charge in [0.25, 0.3) is 0 Å². The van der Waals surface area contributed by atoms with E-state index >= 15 is 0 Å². The first-order valence-electron chi connectivity index (χ1n) is 9.42. The van der Waals surface area contributed by atoms with E-state index < -0.39 is 10.0 Å². The number of hydrogen-bond acceptors (Lipinski definition) is 3. The van der Waals surface area contributed by atoms with Crippen molar-refractivity contribution in [3.8, 4) is 0 Å². The van der Waals surface area contributed by atoms with Gasteiger partial charge in [-0.25, -0.2) is 13.1 Å². The van der Waals surface area contributed by atoms with Crippen molar-refractivity contribution >= 4 is 38.9 Å². The Bertz CT molecular complexity index is 1040. The summed E-state index contributed by atoms with van der Waals surface area (Å²) in [6.45, 7) is 2.37. The minimum atomic E-state index is -3.50. The Morgan fingerprint density at radius 3 is 2.71 bits per heavy atom. The molecule has 7 heteroatoms. The summed E-state index contributed by atoms with van der Waals surface area (Å²) in [4.78, 5) is 0.309. The minimum absolute atomic E-state index is 0.0398. The Morgan fingerprint density at radius 1 is 1.14 bits per heavy atom. The molecule has 3 unspecified atom stereocenters. The van der Waals surface area contributed by atoms with Crippen molar-refractivity contribution < 1.29 is 8.42 Å². The Balaban J connectivity index is 1.73. The molecule has 0 radical (unpaired) electrons. The normalized spacial score (nSPS) is 23.2. The van der Waals surface area contributed by atoms with Crippen LogP contribution in [0.15, 0.2) is 53.4 Å². The number of anilines is 1. The van der Waals surface area contributed by atoms with Gasteiger partial charge in [-0.15, -0.1) is 0 Å². The average Bonchev–Trinajstić information content (AvgIpc) is 3.16. The highest BCUT2D eigenvalue weighted by molar-refractivity contribution is 7.89. The summed E-state index contributed by atoms with van der Waals surface area (Å²) in [6.07, 6.45) is 6.00. The molecule has 0 spiro atoms. The zero-order valence-electron chi connectivity index (χ0n) is 15.5. The molecule has 4 rings (SSSR count). The van der Waals surface area contributed by atoms with Gasteiger partial charge >= 0.3 is 0 Å². The predicted octanol–water partition coefficient (Wildman–Crippen LogP) is 5.51. The summed E-state index contributed by atoms with van der Waals surface area (Å²) < 4.78 is 27.7. The fourth-order valence-electron chi connectivity index (χ4n) is 4.12. The van der Waals surface area contributed by atoms with Crippen LogP contribution in [-0.2, 0) is 10.0 Å². The van der Waals surface area contributed by atoms with E-state index in [9.17, 15) is 8.42 Å². The zero-order valence-corrected chi connectivity index (χ0v) is 17.8. The number of hydrogen-bond donors (Lipinski definition) is 2. The number of halogens is 2. The molecule has 0 fully saturated rings. The number of allylic oxidation sites excluding steroid dienone is 2. The topological polar surface area (TPSA) is 58.2 Å². The first-order chi connectivity index (χ1) is 13.4. The van der Waals surface area contributed by atoms with Gasteiger partial charge in [-0.3, -0.25) is 0 Å². The molecular formula is C21H22Cl2N2O2S. The lowest BCUT2D eigenvalue weighted by atomic mass is 9.77. The second-order valence-corrected chi connectivity index (χ2v) is 9.90. The molecule has 0 amide bonds. The first-order valence-corrected chi connectivity index (χ1v) is 11.7. The molecule has 148 valence electrons. The van der Waals surface area contributed by atoms with Gasteiger partial charge < -0.3 is 5.32 Å². The molecule has 2 aromatic carbocycles. The van der Waals surface area contributed by atoms with E-state index in [1.54, 1.807) is 18.2 Å². The van der Waals surface area contributed by atoms with Crippen LogP contribution < -0.4 is 10.0 Å². The number of nitrogens with one attached hydrogen (secondary N) is 2. The van der Waals surface area contributed by atoms with E-state index in [0.717, 1.165) is 29.7 Å². The van der Waals surface area contributed by atoms with E-state index in [2.05, 4.69) is 22.2 Å². The van der Waals surface area contributed by atoms with E-state index in [1.807, 2.05) is 25.1 Å². The van der Waals surface area contributed by atoms with E-state index in [0.29, 0.717) is 21.5 Å². The molecule has 0 bridgehead atoms.